The van der Waals surface area contributed by atoms with E-state index in [2.05, 4.69) is 18.9 Å². The predicted molar refractivity (Wildman–Crippen MR) is 130 cm³/mol. The molecule has 6 heteroatoms. The molecule has 1 amide bonds. The maximum absolute atomic E-state index is 16.5. The standard InChI is InChI=1S/C28H42FN3O2/c1-5-31(4)26(34)19-15-30-32(16-19)17-25(33)24-9-8-22-21-7-6-20-14-18(2)10-13-28(20,29)23(21)11-12-27(22,24)3/h15-16,18,20-24H,5-14,17H2,1-4H3/t18-,20+,21-,22?,23?,24+,27-,28+/m0/s1. The number of amides is 1. The Morgan fingerprint density at radius 1 is 1.15 bits per heavy atom. The van der Waals surface area contributed by atoms with Crippen molar-refractivity contribution in [3.05, 3.63) is 18.0 Å². The van der Waals surface area contributed by atoms with E-state index in [1.54, 1.807) is 29.0 Å². The molecular weight excluding hydrogens is 429 g/mol. The van der Waals surface area contributed by atoms with Gasteiger partial charge in [-0.3, -0.25) is 14.3 Å². The fraction of sp³-hybridized carbons (Fsp3) is 0.821. The molecule has 4 saturated carbocycles. The Balaban J connectivity index is 1.29. The van der Waals surface area contributed by atoms with Gasteiger partial charge in [-0.15, -0.1) is 0 Å². The zero-order valence-electron chi connectivity index (χ0n) is 21.4. The van der Waals surface area contributed by atoms with Crippen molar-refractivity contribution in [1.29, 1.82) is 0 Å². The van der Waals surface area contributed by atoms with Crippen LogP contribution >= 0.6 is 0 Å². The van der Waals surface area contributed by atoms with E-state index in [-0.39, 0.29) is 41.4 Å². The third kappa shape index (κ3) is 3.74. The van der Waals surface area contributed by atoms with Gasteiger partial charge in [0.05, 0.1) is 18.3 Å². The minimum atomic E-state index is -0.970. The molecule has 34 heavy (non-hydrogen) atoms. The van der Waals surface area contributed by atoms with Crippen molar-refractivity contribution in [2.24, 2.45) is 40.9 Å². The summed E-state index contributed by atoms with van der Waals surface area (Å²) in [5.41, 5.74) is -0.472. The number of ketones is 1. The summed E-state index contributed by atoms with van der Waals surface area (Å²) in [6.07, 6.45) is 12.1. The van der Waals surface area contributed by atoms with Gasteiger partial charge in [-0.2, -0.15) is 5.10 Å². The average molecular weight is 472 g/mol. The van der Waals surface area contributed by atoms with E-state index in [9.17, 15) is 9.59 Å². The van der Waals surface area contributed by atoms with E-state index >= 15 is 4.39 Å². The summed E-state index contributed by atoms with van der Waals surface area (Å²) in [5, 5.41) is 4.32. The van der Waals surface area contributed by atoms with Gasteiger partial charge in [0.2, 0.25) is 0 Å². The lowest BCUT2D eigenvalue weighted by Gasteiger charge is -2.58. The SMILES string of the molecule is CCN(C)C(=O)c1cnn(CC(=O)[C@H]2CCC3[C@@H]4CC[C@@H]5C[C@@H](C)CC[C@]5(F)C4CC[C@@]32C)c1. The van der Waals surface area contributed by atoms with Crippen molar-refractivity contribution in [2.45, 2.75) is 90.8 Å². The minimum absolute atomic E-state index is 0.0137. The first kappa shape index (κ1) is 24.0. The van der Waals surface area contributed by atoms with Gasteiger partial charge in [-0.1, -0.05) is 13.8 Å². The first-order valence-electron chi connectivity index (χ1n) is 13.7. The first-order valence-corrected chi connectivity index (χ1v) is 13.7. The van der Waals surface area contributed by atoms with Gasteiger partial charge in [0.1, 0.15) is 5.67 Å². The molecule has 0 bridgehead atoms. The fourth-order valence-electron chi connectivity index (χ4n) is 8.72. The molecule has 5 nitrogen and oxygen atoms in total. The molecule has 0 saturated heterocycles. The van der Waals surface area contributed by atoms with Gasteiger partial charge in [0.25, 0.3) is 5.91 Å². The van der Waals surface area contributed by atoms with Crippen LogP contribution in [0.3, 0.4) is 0 Å². The molecule has 188 valence electrons. The number of halogens is 1. The highest BCUT2D eigenvalue weighted by Gasteiger charge is 2.62. The van der Waals surface area contributed by atoms with Gasteiger partial charge in [0.15, 0.2) is 5.78 Å². The highest BCUT2D eigenvalue weighted by Crippen LogP contribution is 2.66. The lowest BCUT2D eigenvalue weighted by Crippen LogP contribution is -2.56. The number of fused-ring (bicyclic) bond motifs is 5. The summed E-state index contributed by atoms with van der Waals surface area (Å²) >= 11 is 0. The molecule has 0 radical (unpaired) electrons. The van der Waals surface area contributed by atoms with Gasteiger partial charge in [-0.25, -0.2) is 4.39 Å². The molecule has 4 aliphatic carbocycles. The van der Waals surface area contributed by atoms with Gasteiger partial charge in [-0.05, 0) is 99.7 Å². The summed E-state index contributed by atoms with van der Waals surface area (Å²) in [5.74, 6) is 2.17. The van der Waals surface area contributed by atoms with Crippen molar-refractivity contribution in [1.82, 2.24) is 14.7 Å². The third-order valence-corrected chi connectivity index (χ3v) is 10.7. The molecule has 0 N–H and O–H groups in total. The zero-order valence-corrected chi connectivity index (χ0v) is 21.4. The van der Waals surface area contributed by atoms with Crippen LogP contribution in [-0.4, -0.2) is 45.6 Å². The normalized spacial score (nSPS) is 41.3. The second-order valence-electron chi connectivity index (χ2n) is 12.3. The maximum Gasteiger partial charge on any atom is 0.256 e. The van der Waals surface area contributed by atoms with Crippen LogP contribution in [0.2, 0.25) is 0 Å². The summed E-state index contributed by atoms with van der Waals surface area (Å²) < 4.78 is 18.1. The Morgan fingerprint density at radius 2 is 1.94 bits per heavy atom. The number of rotatable bonds is 5. The van der Waals surface area contributed by atoms with Crippen LogP contribution in [0.5, 0.6) is 0 Å². The van der Waals surface area contributed by atoms with Crippen LogP contribution in [-0.2, 0) is 11.3 Å². The number of carbonyl (C=O) groups is 2. The van der Waals surface area contributed by atoms with E-state index in [0.717, 1.165) is 57.8 Å². The van der Waals surface area contributed by atoms with Gasteiger partial charge >= 0.3 is 0 Å². The molecule has 5 rings (SSSR count). The minimum Gasteiger partial charge on any atom is -0.342 e. The van der Waals surface area contributed by atoms with Crippen molar-refractivity contribution in [3.8, 4) is 0 Å². The molecule has 2 unspecified atom stereocenters. The number of hydrogen-bond donors (Lipinski definition) is 0. The summed E-state index contributed by atoms with van der Waals surface area (Å²) in [4.78, 5) is 27.5. The number of carbonyl (C=O) groups excluding carboxylic acids is 2. The van der Waals surface area contributed by atoms with Crippen molar-refractivity contribution >= 4 is 11.7 Å². The molecule has 0 spiro atoms. The molecule has 1 heterocycles. The molecular formula is C28H42FN3O2. The Labute approximate surface area is 203 Å². The molecule has 4 fully saturated rings. The summed E-state index contributed by atoms with van der Waals surface area (Å²) in [7, 11) is 1.77. The topological polar surface area (TPSA) is 55.2 Å². The number of hydrogen-bond acceptors (Lipinski definition) is 3. The average Bonchev–Trinajstić information content (AvgIpc) is 3.42. The highest BCUT2D eigenvalue weighted by atomic mass is 19.1. The van der Waals surface area contributed by atoms with Crippen LogP contribution in [0.1, 0.15) is 88.9 Å². The van der Waals surface area contributed by atoms with Crippen molar-refractivity contribution < 1.29 is 14.0 Å². The third-order valence-electron chi connectivity index (χ3n) is 10.7. The van der Waals surface area contributed by atoms with Crippen LogP contribution < -0.4 is 0 Å². The van der Waals surface area contributed by atoms with E-state index in [1.165, 1.54) is 0 Å². The fourth-order valence-corrected chi connectivity index (χ4v) is 8.72. The molecule has 8 atom stereocenters. The highest BCUT2D eigenvalue weighted by molar-refractivity contribution is 5.93. The van der Waals surface area contributed by atoms with E-state index in [1.807, 2.05) is 6.92 Å². The molecule has 0 aliphatic heterocycles. The number of Topliss-reactive ketones (excluding diaryl/α,β-unsaturated/α-hetero) is 1. The summed E-state index contributed by atoms with van der Waals surface area (Å²) in [6.45, 7) is 7.39. The van der Waals surface area contributed by atoms with Crippen LogP contribution in [0.15, 0.2) is 12.4 Å². The second-order valence-corrected chi connectivity index (χ2v) is 12.3. The molecule has 1 aromatic heterocycles. The number of nitrogens with zero attached hydrogens (tertiary/aromatic N) is 3. The van der Waals surface area contributed by atoms with Gasteiger partial charge in [0, 0.05) is 25.7 Å². The van der Waals surface area contributed by atoms with Crippen LogP contribution in [0, 0.1) is 40.9 Å². The van der Waals surface area contributed by atoms with E-state index in [4.69, 9.17) is 0 Å². The van der Waals surface area contributed by atoms with Crippen molar-refractivity contribution in [3.63, 3.8) is 0 Å². The number of alkyl halides is 1. The predicted octanol–water partition coefficient (Wildman–Crippen LogP) is 5.54. The largest absolute Gasteiger partial charge is 0.342 e. The second kappa shape index (κ2) is 8.74. The Hall–Kier alpha value is -1.72. The lowest BCUT2D eigenvalue weighted by atomic mass is 9.48. The maximum atomic E-state index is 16.5. The van der Waals surface area contributed by atoms with Crippen LogP contribution in [0.4, 0.5) is 4.39 Å². The van der Waals surface area contributed by atoms with Gasteiger partial charge < -0.3 is 4.90 Å². The first-order chi connectivity index (χ1) is 16.2. The molecule has 4 aliphatic rings. The Kier molecular flexibility index (Phi) is 6.17. The Morgan fingerprint density at radius 3 is 2.71 bits per heavy atom. The van der Waals surface area contributed by atoms with Crippen molar-refractivity contribution in [2.75, 3.05) is 13.6 Å². The number of aromatic nitrogens is 2. The van der Waals surface area contributed by atoms with E-state index in [0.29, 0.717) is 29.9 Å². The molecule has 1 aromatic rings. The quantitative estimate of drug-likeness (QED) is 0.566. The monoisotopic (exact) mass is 471 g/mol. The molecule has 0 aromatic carbocycles. The zero-order chi connectivity index (χ0) is 24.3. The van der Waals surface area contributed by atoms with E-state index < -0.39 is 5.67 Å². The Bertz CT molecular complexity index is 946. The smallest absolute Gasteiger partial charge is 0.256 e. The lowest BCUT2D eigenvalue weighted by molar-refractivity contribution is -0.146. The van der Waals surface area contributed by atoms with Crippen LogP contribution in [0.25, 0.3) is 0 Å². The summed E-state index contributed by atoms with van der Waals surface area (Å²) in [6, 6.07) is 0.